The van der Waals surface area contributed by atoms with Crippen molar-refractivity contribution in [3.8, 4) is 0 Å². The van der Waals surface area contributed by atoms with Crippen molar-refractivity contribution in [3.63, 3.8) is 0 Å². The molecule has 0 aliphatic carbocycles. The first-order chi connectivity index (χ1) is 13.1. The number of carbonyl (C=O) groups is 1. The van der Waals surface area contributed by atoms with Crippen LogP contribution in [0.5, 0.6) is 0 Å². The number of nitrogens with zero attached hydrogens (tertiary/aromatic N) is 3. The van der Waals surface area contributed by atoms with Gasteiger partial charge in [-0.3, -0.25) is 14.3 Å². The maximum atomic E-state index is 12.9. The van der Waals surface area contributed by atoms with Crippen LogP contribution in [0.25, 0.3) is 21.9 Å². The first-order valence-electron chi connectivity index (χ1n) is 10.0. The molecular weight excluding hydrogens is 342 g/mol. The molecule has 27 heavy (non-hydrogen) atoms. The van der Waals surface area contributed by atoms with Gasteiger partial charge in [-0.25, -0.2) is 4.98 Å². The van der Waals surface area contributed by atoms with Gasteiger partial charge in [0.25, 0.3) is 5.56 Å². The van der Waals surface area contributed by atoms with Gasteiger partial charge in [0.05, 0.1) is 22.0 Å². The van der Waals surface area contributed by atoms with Gasteiger partial charge in [-0.2, -0.15) is 0 Å². The van der Waals surface area contributed by atoms with Gasteiger partial charge in [0, 0.05) is 31.9 Å². The standard InChI is InChI=1S/C20H29N5O2/c1-4-7-8-11-25-19-14(12-21-25)18(23-16(26)9-5-2)17-15(22-19)13-24(10-6-3)20(17)27/h12-13,21H,4-11H2,1-3H3,(H,23,26). The average molecular weight is 371 g/mol. The first kappa shape index (κ1) is 19.2. The number of rotatable bonds is 9. The van der Waals surface area contributed by atoms with Gasteiger partial charge in [0.2, 0.25) is 5.91 Å². The Bertz CT molecular complexity index is 995. The lowest BCUT2D eigenvalue weighted by Crippen LogP contribution is -2.17. The number of aromatic nitrogens is 4. The lowest BCUT2D eigenvalue weighted by Gasteiger charge is -2.08. The highest BCUT2D eigenvalue weighted by atomic mass is 16.1. The quantitative estimate of drug-likeness (QED) is 0.557. The van der Waals surface area contributed by atoms with Gasteiger partial charge in [0.1, 0.15) is 0 Å². The normalized spacial score (nSPS) is 11.5. The van der Waals surface area contributed by atoms with Gasteiger partial charge >= 0.3 is 0 Å². The maximum absolute atomic E-state index is 12.9. The number of hydrogen-bond donors (Lipinski definition) is 2. The van der Waals surface area contributed by atoms with Gasteiger partial charge in [-0.05, 0) is 19.3 Å². The molecule has 2 N–H and O–H groups in total. The Morgan fingerprint density at radius 1 is 1.15 bits per heavy atom. The Kier molecular flexibility index (Phi) is 5.98. The number of unbranched alkanes of at least 4 members (excludes halogenated alkanes) is 2. The fourth-order valence-corrected chi connectivity index (χ4v) is 3.47. The Morgan fingerprint density at radius 3 is 2.67 bits per heavy atom. The number of aryl methyl sites for hydroxylation is 2. The molecule has 0 atom stereocenters. The molecule has 3 aromatic rings. The third-order valence-corrected chi connectivity index (χ3v) is 4.81. The maximum Gasteiger partial charge on any atom is 0.262 e. The summed E-state index contributed by atoms with van der Waals surface area (Å²) < 4.78 is 3.69. The van der Waals surface area contributed by atoms with Crippen molar-refractivity contribution in [2.45, 2.75) is 72.4 Å². The topological polar surface area (TPSA) is 84.7 Å². The highest BCUT2D eigenvalue weighted by Gasteiger charge is 2.19. The molecule has 0 aromatic carbocycles. The van der Waals surface area contributed by atoms with Gasteiger partial charge in [-0.15, -0.1) is 0 Å². The minimum Gasteiger partial charge on any atom is -0.325 e. The second kappa shape index (κ2) is 8.41. The van der Waals surface area contributed by atoms with E-state index in [-0.39, 0.29) is 11.5 Å². The zero-order valence-corrected chi connectivity index (χ0v) is 16.5. The van der Waals surface area contributed by atoms with Crippen molar-refractivity contribution in [2.75, 3.05) is 5.32 Å². The summed E-state index contributed by atoms with van der Waals surface area (Å²) in [5.74, 6) is -0.0762. The molecular formula is C20H29N5O2. The van der Waals surface area contributed by atoms with Crippen LogP contribution in [0.4, 0.5) is 5.69 Å². The molecule has 7 nitrogen and oxygen atoms in total. The Hall–Kier alpha value is -2.57. The fourth-order valence-electron chi connectivity index (χ4n) is 3.47. The van der Waals surface area contributed by atoms with E-state index in [2.05, 4.69) is 17.3 Å². The van der Waals surface area contributed by atoms with E-state index in [4.69, 9.17) is 4.98 Å². The van der Waals surface area contributed by atoms with E-state index in [0.717, 1.165) is 49.7 Å². The minimum absolute atomic E-state index is 0.0762. The fraction of sp³-hybridized carbons (Fsp3) is 0.550. The van der Waals surface area contributed by atoms with Crippen molar-refractivity contribution >= 4 is 33.5 Å². The predicted molar refractivity (Wildman–Crippen MR) is 109 cm³/mol. The van der Waals surface area contributed by atoms with E-state index in [0.29, 0.717) is 29.6 Å². The number of anilines is 1. The number of aromatic amines is 1. The second-order valence-corrected chi connectivity index (χ2v) is 7.04. The van der Waals surface area contributed by atoms with Crippen molar-refractivity contribution < 1.29 is 4.79 Å². The van der Waals surface area contributed by atoms with Crippen LogP contribution in [0.1, 0.15) is 59.3 Å². The highest BCUT2D eigenvalue weighted by Crippen LogP contribution is 2.29. The zero-order chi connectivity index (χ0) is 19.4. The van der Waals surface area contributed by atoms with Crippen LogP contribution in [0.15, 0.2) is 17.2 Å². The minimum atomic E-state index is -0.0909. The molecule has 0 unspecified atom stereocenters. The summed E-state index contributed by atoms with van der Waals surface area (Å²) in [6.07, 6.45) is 9.04. The molecule has 0 fully saturated rings. The zero-order valence-electron chi connectivity index (χ0n) is 16.5. The molecule has 0 aliphatic heterocycles. The summed E-state index contributed by atoms with van der Waals surface area (Å²) in [6, 6.07) is 0. The number of fused-ring (bicyclic) bond motifs is 2. The van der Waals surface area contributed by atoms with Crippen LogP contribution in [-0.2, 0) is 17.9 Å². The monoisotopic (exact) mass is 371 g/mol. The van der Waals surface area contributed by atoms with Crippen LogP contribution in [-0.4, -0.2) is 25.2 Å². The number of amides is 1. The molecule has 0 aliphatic rings. The van der Waals surface area contributed by atoms with Crippen molar-refractivity contribution in [1.29, 1.82) is 0 Å². The van der Waals surface area contributed by atoms with E-state index in [1.807, 2.05) is 24.7 Å². The second-order valence-electron chi connectivity index (χ2n) is 7.04. The largest absolute Gasteiger partial charge is 0.325 e. The van der Waals surface area contributed by atoms with Gasteiger partial charge < -0.3 is 15.0 Å². The van der Waals surface area contributed by atoms with E-state index in [1.54, 1.807) is 10.8 Å². The van der Waals surface area contributed by atoms with Crippen LogP contribution < -0.4 is 10.9 Å². The third-order valence-electron chi connectivity index (χ3n) is 4.81. The summed E-state index contributed by atoms with van der Waals surface area (Å²) in [5.41, 5.74) is 1.90. The Morgan fingerprint density at radius 2 is 1.96 bits per heavy atom. The summed E-state index contributed by atoms with van der Waals surface area (Å²) in [7, 11) is 0. The highest BCUT2D eigenvalue weighted by molar-refractivity contribution is 6.11. The Labute approximate surface area is 158 Å². The van der Waals surface area contributed by atoms with E-state index < -0.39 is 0 Å². The van der Waals surface area contributed by atoms with E-state index in [1.165, 1.54) is 0 Å². The molecule has 0 saturated carbocycles. The predicted octanol–water partition coefficient (Wildman–Crippen LogP) is 4.02. The van der Waals surface area contributed by atoms with Crippen LogP contribution in [0.2, 0.25) is 0 Å². The summed E-state index contributed by atoms with van der Waals surface area (Å²) >= 11 is 0. The van der Waals surface area contributed by atoms with Crippen LogP contribution >= 0.6 is 0 Å². The molecule has 3 aromatic heterocycles. The van der Waals surface area contributed by atoms with E-state index >= 15 is 0 Å². The van der Waals surface area contributed by atoms with Gasteiger partial charge in [0.15, 0.2) is 5.65 Å². The molecule has 146 valence electrons. The van der Waals surface area contributed by atoms with Crippen molar-refractivity contribution in [3.05, 3.63) is 22.7 Å². The Balaban J connectivity index is 2.17. The number of carbonyl (C=O) groups excluding carboxylic acids is 1. The number of H-pyrrole nitrogens is 1. The van der Waals surface area contributed by atoms with Crippen molar-refractivity contribution in [2.24, 2.45) is 0 Å². The number of pyridine rings is 1. The lowest BCUT2D eigenvalue weighted by atomic mass is 10.2. The molecule has 1 amide bonds. The molecule has 0 saturated heterocycles. The van der Waals surface area contributed by atoms with Gasteiger partial charge in [-0.1, -0.05) is 33.6 Å². The van der Waals surface area contributed by atoms with Crippen molar-refractivity contribution in [1.82, 2.24) is 19.3 Å². The molecule has 3 heterocycles. The molecule has 7 heteroatoms. The lowest BCUT2D eigenvalue weighted by molar-refractivity contribution is -0.116. The first-order valence-corrected chi connectivity index (χ1v) is 10.0. The van der Waals surface area contributed by atoms with E-state index in [9.17, 15) is 9.59 Å². The summed E-state index contributed by atoms with van der Waals surface area (Å²) in [5, 5.41) is 7.50. The average Bonchev–Trinajstić information content (AvgIpc) is 3.18. The number of hydrogen-bond acceptors (Lipinski definition) is 3. The molecule has 0 bridgehead atoms. The summed E-state index contributed by atoms with van der Waals surface area (Å²) in [4.78, 5) is 30.0. The summed E-state index contributed by atoms with van der Waals surface area (Å²) in [6.45, 7) is 7.65. The molecule has 0 spiro atoms. The molecule has 3 rings (SSSR count). The third kappa shape index (κ3) is 3.77. The van der Waals surface area contributed by atoms with Crippen LogP contribution in [0, 0.1) is 0 Å². The smallest absolute Gasteiger partial charge is 0.262 e. The number of nitrogens with one attached hydrogen (secondary N) is 2. The SMILES string of the molecule is CCCCCn1[nH]cc2c(NC(=O)CCC)c3c(=O)n(CCC)cc3nc21. The molecule has 0 radical (unpaired) electrons. The van der Waals surface area contributed by atoms with Crippen LogP contribution in [0.3, 0.4) is 0 Å².